The van der Waals surface area contributed by atoms with E-state index in [1.54, 1.807) is 34.8 Å². The van der Waals surface area contributed by atoms with Gasteiger partial charge in [-0.25, -0.2) is 9.97 Å². The van der Waals surface area contributed by atoms with Crippen LogP contribution in [-0.2, 0) is 30.5 Å². The summed E-state index contributed by atoms with van der Waals surface area (Å²) >= 11 is 7.77. The maximum atomic E-state index is 10.4. The number of aldehydes is 1. The minimum atomic E-state index is -0.833. The lowest BCUT2D eigenvalue weighted by atomic mass is 10.0. The minimum Gasteiger partial charge on any atom is -0.494 e. The van der Waals surface area contributed by atoms with Gasteiger partial charge in [0.05, 0.1) is 33.6 Å². The maximum absolute atomic E-state index is 10.4. The van der Waals surface area contributed by atoms with Crippen LogP contribution in [0.1, 0.15) is 402 Å². The molecule has 8 rings (SSSR count). The van der Waals surface area contributed by atoms with Crippen molar-refractivity contribution in [2.24, 2.45) is 0 Å². The Morgan fingerprint density at radius 1 is 0.362 bits per heavy atom. The van der Waals surface area contributed by atoms with E-state index in [0.717, 1.165) is 89.5 Å². The van der Waals surface area contributed by atoms with E-state index in [2.05, 4.69) is 144 Å². The predicted octanol–water partition coefficient (Wildman–Crippen LogP) is 32.8. The number of anilines is 3. The van der Waals surface area contributed by atoms with Gasteiger partial charge in [-0.05, 0) is 184 Å². The van der Waals surface area contributed by atoms with E-state index in [4.69, 9.17) is 41.6 Å². The highest BCUT2D eigenvalue weighted by Gasteiger charge is 2.10. The van der Waals surface area contributed by atoms with E-state index in [1.165, 1.54) is 365 Å². The summed E-state index contributed by atoms with van der Waals surface area (Å²) in [5.41, 5.74) is 28.5. The molecule has 0 atom stereocenters. The summed E-state index contributed by atoms with van der Waals surface area (Å²) in [6, 6.07) is 43.6. The number of carbonyl (C=O) groups excluding carboxylic acids is 1. The first-order valence-electron chi connectivity index (χ1n) is 46.8. The van der Waals surface area contributed by atoms with Gasteiger partial charge in [-0.1, -0.05) is 366 Å². The van der Waals surface area contributed by atoms with Crippen LogP contribution in [0, 0.1) is 0 Å². The van der Waals surface area contributed by atoms with Gasteiger partial charge in [0.2, 0.25) is 0 Å². The number of rotatable bonds is 60. The predicted molar refractivity (Wildman–Crippen MR) is 514 cm³/mol. The summed E-state index contributed by atoms with van der Waals surface area (Å²) in [5.74, 6) is 0.977. The number of nitrogen functional groups attached to an aromatic ring is 3. The quantitative estimate of drug-likeness (QED) is 0.0107. The number of nitrogens with two attached hydrogens (primary N) is 3. The Balaban J connectivity index is 0.000000381. The van der Waals surface area contributed by atoms with Gasteiger partial charge in [0.15, 0.2) is 5.13 Å². The molecule has 0 saturated carbocycles. The van der Waals surface area contributed by atoms with Crippen molar-refractivity contribution in [1.82, 2.24) is 9.97 Å². The van der Waals surface area contributed by atoms with Gasteiger partial charge in [0.25, 0.3) is 5.97 Å². The molecular formula is C103H163N5O5S3. The van der Waals surface area contributed by atoms with Crippen LogP contribution in [0.2, 0.25) is 0 Å². The number of carboxylic acid groups (broad SMARTS) is 1. The summed E-state index contributed by atoms with van der Waals surface area (Å²) in [5, 5.41) is 9.19. The molecule has 0 saturated heterocycles. The fourth-order valence-electron chi connectivity index (χ4n) is 14.2. The summed E-state index contributed by atoms with van der Waals surface area (Å²) in [4.78, 5) is 29.5. The zero-order chi connectivity index (χ0) is 83.8. The zero-order valence-corrected chi connectivity index (χ0v) is 76.8. The van der Waals surface area contributed by atoms with Crippen molar-refractivity contribution in [2.75, 3.05) is 30.4 Å². The third kappa shape index (κ3) is 55.4. The van der Waals surface area contributed by atoms with Crippen molar-refractivity contribution in [1.29, 1.82) is 0 Å². The van der Waals surface area contributed by atoms with Crippen molar-refractivity contribution < 1.29 is 24.2 Å². The van der Waals surface area contributed by atoms with Gasteiger partial charge in [0, 0.05) is 34.3 Å². The summed E-state index contributed by atoms with van der Waals surface area (Å²) in [7, 11) is 0. The Morgan fingerprint density at radius 2 is 0.655 bits per heavy atom. The number of fused-ring (bicyclic) bond motifs is 2. The first-order chi connectivity index (χ1) is 56.7. The normalized spacial score (nSPS) is 10.8. The number of aryl methyl sites for hydroxylation is 4. The molecule has 10 nitrogen and oxygen atoms in total. The van der Waals surface area contributed by atoms with Gasteiger partial charge in [-0.2, -0.15) is 0 Å². The smallest absolute Gasteiger partial charge is 0.300 e. The van der Waals surface area contributed by atoms with Crippen LogP contribution in [0.5, 0.6) is 11.5 Å². The van der Waals surface area contributed by atoms with Crippen LogP contribution >= 0.6 is 35.3 Å². The molecule has 648 valence electrons. The van der Waals surface area contributed by atoms with Crippen molar-refractivity contribution in [2.45, 2.75) is 400 Å². The molecule has 2 heterocycles. The van der Waals surface area contributed by atoms with Gasteiger partial charge < -0.3 is 31.8 Å². The van der Waals surface area contributed by atoms with Crippen LogP contribution in [0.25, 0.3) is 31.0 Å². The second-order valence-corrected chi connectivity index (χ2v) is 34.9. The fraction of sp³-hybridized carbons (Fsp3) is 0.612. The molecule has 2 aromatic heterocycles. The average molecular weight is 1650 g/mol. The highest BCUT2D eigenvalue weighted by Crippen LogP contribution is 2.33. The number of unbranched alkanes of at least 4 members (excludes halogenated alkanes) is 44. The number of nitrogens with zero attached hydrogens (tertiary/aromatic N) is 2. The summed E-state index contributed by atoms with van der Waals surface area (Å²) in [6.45, 7) is 16.3. The summed E-state index contributed by atoms with van der Waals surface area (Å²) in [6.07, 6.45) is 74.0. The molecule has 0 unspecified atom stereocenters. The molecular weight excluding hydrogens is 1480 g/mol. The molecule has 0 aliphatic heterocycles. The lowest BCUT2D eigenvalue weighted by Gasteiger charge is -2.06. The second-order valence-electron chi connectivity index (χ2n) is 32.3. The van der Waals surface area contributed by atoms with Crippen LogP contribution in [-0.4, -0.2) is 40.5 Å². The van der Waals surface area contributed by atoms with Gasteiger partial charge in [-0.15, -0.1) is 24.0 Å². The fourth-order valence-corrected chi connectivity index (χ4v) is 16.3. The Labute approximate surface area is 721 Å². The monoisotopic (exact) mass is 1650 g/mol. The topological polar surface area (TPSA) is 177 Å². The SMILES string of the molecule is CC(=O)O.CCCCCCCCCCCCc1ccc(N)c(S)c1.CCCCCCCCCCCCc1ccc(N)cc1.CCCCCCCCCCCCc1ccc2nc(-c3ccc(OCCCCCCC)cc3)sc2c1.CCCCCCCCCCCCc1ccc2nc(N)sc2c1.CCCCCCCOc1ccc(C=O)cc1. The lowest BCUT2D eigenvalue weighted by Crippen LogP contribution is -1.97. The number of aliphatic carboxylic acids is 1. The molecule has 0 fully saturated rings. The highest BCUT2D eigenvalue weighted by atomic mass is 32.1. The first kappa shape index (κ1) is 104. The van der Waals surface area contributed by atoms with Gasteiger partial charge in [0.1, 0.15) is 22.8 Å². The number of ether oxygens (including phenoxy) is 2. The number of hydrogen-bond donors (Lipinski definition) is 5. The molecule has 0 aliphatic carbocycles. The molecule has 8 aromatic rings. The van der Waals surface area contributed by atoms with Crippen molar-refractivity contribution >= 4 is 84.5 Å². The standard InChI is InChI=1S/C32H47NOS.C19H30N2S.C18H31NS.C18H31N.C14H20O2.C2H4O2/c1-3-5-7-9-10-11-12-13-14-16-18-27-19-24-30-31(26-27)35-32(33-30)28-20-22-29(23-21-28)34-25-17-15-8-6-4-2;1-2-3-4-5-6-7-8-9-10-11-12-16-13-14-17-18(15-16)22-19(20)21-17;1-2-3-4-5-6-7-8-9-10-11-12-16-13-14-17(19)18(20)15-16;1-2-3-4-5-6-7-8-9-10-11-12-17-13-15-18(19)16-14-17;1-2-3-4-5-6-11-16-14-9-7-13(12-15)8-10-14;1-2(3)4/h19-24,26H,3-18,25H2,1-2H3;13-15H,2-12H2,1H3,(H2,20,21);13-15,20H,2-12,19H2,1H3;13-16H,2-12,19H2,1H3;7-10,12H,2-6,11H2,1H3;1H3,(H,3,4). The number of thiazole rings is 2. The van der Waals surface area contributed by atoms with E-state index in [9.17, 15) is 4.79 Å². The third-order valence-electron chi connectivity index (χ3n) is 21.4. The van der Waals surface area contributed by atoms with E-state index >= 15 is 0 Å². The Morgan fingerprint density at radius 3 is 1.01 bits per heavy atom. The number of aromatic nitrogens is 2. The Bertz CT molecular complexity index is 3590. The molecule has 0 amide bonds. The zero-order valence-electron chi connectivity index (χ0n) is 74.3. The average Bonchev–Trinajstić information content (AvgIpc) is 1.67. The first-order valence-corrected chi connectivity index (χ1v) is 48.9. The van der Waals surface area contributed by atoms with Crippen molar-refractivity contribution in [3.05, 3.63) is 155 Å². The minimum absolute atomic E-state index is 0.672. The molecule has 0 radical (unpaired) electrons. The Hall–Kier alpha value is -6.41. The number of benzene rings is 6. The van der Waals surface area contributed by atoms with E-state index in [0.29, 0.717) is 10.7 Å². The van der Waals surface area contributed by atoms with Crippen LogP contribution in [0.15, 0.2) is 132 Å². The van der Waals surface area contributed by atoms with E-state index in [-0.39, 0.29) is 0 Å². The Kier molecular flexibility index (Phi) is 64.9. The summed E-state index contributed by atoms with van der Waals surface area (Å²) < 4.78 is 14.0. The van der Waals surface area contributed by atoms with Crippen LogP contribution in [0.4, 0.5) is 16.5 Å². The van der Waals surface area contributed by atoms with Crippen molar-refractivity contribution in [3.63, 3.8) is 0 Å². The van der Waals surface area contributed by atoms with E-state index < -0.39 is 5.97 Å². The van der Waals surface area contributed by atoms with Crippen molar-refractivity contribution in [3.8, 4) is 22.1 Å². The molecule has 0 aliphatic rings. The second kappa shape index (κ2) is 72.6. The molecule has 13 heteroatoms. The molecule has 6 aromatic carbocycles. The number of carbonyl (C=O) groups is 2. The molecule has 0 spiro atoms. The number of carboxylic acids is 1. The number of thiol groups is 1. The number of hydrogen-bond acceptors (Lipinski definition) is 12. The molecule has 116 heavy (non-hydrogen) atoms. The van der Waals surface area contributed by atoms with Gasteiger partial charge in [-0.3, -0.25) is 9.59 Å². The van der Waals surface area contributed by atoms with Gasteiger partial charge >= 0.3 is 0 Å². The molecule has 0 bridgehead atoms. The van der Waals surface area contributed by atoms with E-state index in [1.807, 2.05) is 30.3 Å². The largest absolute Gasteiger partial charge is 0.494 e. The lowest BCUT2D eigenvalue weighted by molar-refractivity contribution is -0.134. The highest BCUT2D eigenvalue weighted by molar-refractivity contribution is 7.80. The van der Waals surface area contributed by atoms with Crippen LogP contribution < -0.4 is 26.7 Å². The van der Waals surface area contributed by atoms with Crippen LogP contribution in [0.3, 0.4) is 0 Å². The third-order valence-corrected chi connectivity index (χ3v) is 23.7. The molecule has 7 N–H and O–H groups in total. The maximum Gasteiger partial charge on any atom is 0.300 e.